The van der Waals surface area contributed by atoms with Gasteiger partial charge in [0.2, 0.25) is 0 Å². The monoisotopic (exact) mass is 243 g/mol. The fourth-order valence-corrected chi connectivity index (χ4v) is 3.36. The van der Waals surface area contributed by atoms with Crippen LogP contribution < -0.4 is 0 Å². The first-order valence-electron chi connectivity index (χ1n) is 5.69. The van der Waals surface area contributed by atoms with Gasteiger partial charge in [0, 0.05) is 23.8 Å². The molecule has 0 amide bonds. The minimum Gasteiger partial charge on any atom is -0.298 e. The zero-order valence-electron chi connectivity index (χ0n) is 8.99. The van der Waals surface area contributed by atoms with Crippen LogP contribution in [-0.4, -0.2) is 23.9 Å². The summed E-state index contributed by atoms with van der Waals surface area (Å²) in [5.74, 6) is 1.65. The van der Waals surface area contributed by atoms with Gasteiger partial charge in [0.05, 0.1) is 0 Å². The Labute approximate surface area is 101 Å². The van der Waals surface area contributed by atoms with Crippen molar-refractivity contribution in [2.45, 2.75) is 25.8 Å². The molecular weight excluding hydrogens is 226 g/mol. The van der Waals surface area contributed by atoms with E-state index in [4.69, 9.17) is 11.6 Å². The fraction of sp³-hybridized carbons (Fsp3) is 0.667. The van der Waals surface area contributed by atoms with Gasteiger partial charge in [0.1, 0.15) is 0 Å². The topological polar surface area (TPSA) is 3.24 Å². The van der Waals surface area contributed by atoms with Crippen molar-refractivity contribution in [1.82, 2.24) is 4.90 Å². The predicted octanol–water partition coefficient (Wildman–Crippen LogP) is 3.59. The number of halogens is 1. The third-order valence-electron chi connectivity index (χ3n) is 3.08. The van der Waals surface area contributed by atoms with Crippen molar-refractivity contribution in [3.8, 4) is 0 Å². The summed E-state index contributed by atoms with van der Waals surface area (Å²) >= 11 is 7.67. The SMILES string of the molecule is ClCCC1CCCN(Cc2cccs2)C1. The van der Waals surface area contributed by atoms with Gasteiger partial charge in [-0.05, 0) is 43.2 Å². The molecule has 1 aromatic heterocycles. The molecule has 1 aliphatic rings. The minimum absolute atomic E-state index is 0.817. The molecule has 2 rings (SSSR count). The van der Waals surface area contributed by atoms with Crippen LogP contribution in [-0.2, 0) is 6.54 Å². The molecule has 1 unspecified atom stereocenters. The van der Waals surface area contributed by atoms with Crippen LogP contribution in [0.3, 0.4) is 0 Å². The Morgan fingerprint density at radius 2 is 2.47 bits per heavy atom. The van der Waals surface area contributed by atoms with Crippen molar-refractivity contribution in [1.29, 1.82) is 0 Å². The van der Waals surface area contributed by atoms with Crippen molar-refractivity contribution >= 4 is 22.9 Å². The van der Waals surface area contributed by atoms with Crippen LogP contribution >= 0.6 is 22.9 Å². The lowest BCUT2D eigenvalue weighted by molar-refractivity contribution is 0.166. The lowest BCUT2D eigenvalue weighted by Gasteiger charge is -2.32. The predicted molar refractivity (Wildman–Crippen MR) is 67.7 cm³/mol. The first-order chi connectivity index (χ1) is 7.38. The molecule has 84 valence electrons. The van der Waals surface area contributed by atoms with E-state index in [9.17, 15) is 0 Å². The van der Waals surface area contributed by atoms with Gasteiger partial charge in [-0.15, -0.1) is 22.9 Å². The summed E-state index contributed by atoms with van der Waals surface area (Å²) in [7, 11) is 0. The van der Waals surface area contributed by atoms with Gasteiger partial charge in [-0.25, -0.2) is 0 Å². The Bertz CT molecular complexity index is 271. The zero-order valence-corrected chi connectivity index (χ0v) is 10.6. The highest BCUT2D eigenvalue weighted by Crippen LogP contribution is 2.22. The molecule has 1 aliphatic heterocycles. The maximum atomic E-state index is 5.81. The molecule has 0 aromatic carbocycles. The third-order valence-corrected chi connectivity index (χ3v) is 4.16. The normalized spacial score (nSPS) is 23.1. The summed E-state index contributed by atoms with van der Waals surface area (Å²) in [6.45, 7) is 3.64. The van der Waals surface area contributed by atoms with Gasteiger partial charge < -0.3 is 0 Å². The summed E-state index contributed by atoms with van der Waals surface area (Å²) in [5, 5.41) is 2.16. The highest BCUT2D eigenvalue weighted by molar-refractivity contribution is 7.09. The average Bonchev–Trinajstić information content (AvgIpc) is 2.71. The number of piperidine rings is 1. The number of likely N-dealkylation sites (tertiary alicyclic amines) is 1. The van der Waals surface area contributed by atoms with E-state index in [0.717, 1.165) is 18.3 Å². The van der Waals surface area contributed by atoms with Gasteiger partial charge in [0.25, 0.3) is 0 Å². The largest absolute Gasteiger partial charge is 0.298 e. The molecule has 1 atom stereocenters. The van der Waals surface area contributed by atoms with E-state index in [-0.39, 0.29) is 0 Å². The molecule has 0 bridgehead atoms. The van der Waals surface area contributed by atoms with E-state index < -0.39 is 0 Å². The molecular formula is C12H18ClNS. The second-order valence-electron chi connectivity index (χ2n) is 4.30. The smallest absolute Gasteiger partial charge is 0.0328 e. The maximum absolute atomic E-state index is 5.81. The summed E-state index contributed by atoms with van der Waals surface area (Å²) in [6, 6.07) is 4.37. The zero-order chi connectivity index (χ0) is 10.5. The summed E-state index contributed by atoms with van der Waals surface area (Å²) in [4.78, 5) is 4.06. The van der Waals surface area contributed by atoms with Gasteiger partial charge in [0.15, 0.2) is 0 Å². The third kappa shape index (κ3) is 3.47. The number of rotatable bonds is 4. The van der Waals surface area contributed by atoms with E-state index in [0.29, 0.717) is 0 Å². The van der Waals surface area contributed by atoms with E-state index in [1.807, 2.05) is 11.3 Å². The first kappa shape index (κ1) is 11.4. The van der Waals surface area contributed by atoms with E-state index in [1.165, 1.54) is 37.2 Å². The molecule has 0 N–H and O–H groups in total. The van der Waals surface area contributed by atoms with Gasteiger partial charge in [-0.3, -0.25) is 4.90 Å². The second kappa shape index (κ2) is 5.88. The minimum atomic E-state index is 0.817. The molecule has 0 radical (unpaired) electrons. The van der Waals surface area contributed by atoms with E-state index in [2.05, 4.69) is 22.4 Å². The molecule has 0 saturated carbocycles. The van der Waals surface area contributed by atoms with Crippen molar-refractivity contribution < 1.29 is 0 Å². The van der Waals surface area contributed by atoms with Crippen LogP contribution in [0.25, 0.3) is 0 Å². The molecule has 0 aliphatic carbocycles. The molecule has 1 nitrogen and oxygen atoms in total. The van der Waals surface area contributed by atoms with Crippen molar-refractivity contribution in [3.63, 3.8) is 0 Å². The Balaban J connectivity index is 1.82. The number of hydrogen-bond donors (Lipinski definition) is 0. The first-order valence-corrected chi connectivity index (χ1v) is 7.10. The lowest BCUT2D eigenvalue weighted by atomic mass is 9.95. The summed E-state index contributed by atoms with van der Waals surface area (Å²) in [5.41, 5.74) is 0. The van der Waals surface area contributed by atoms with Crippen molar-refractivity contribution in [2.24, 2.45) is 5.92 Å². The van der Waals surface area contributed by atoms with Gasteiger partial charge in [-0.2, -0.15) is 0 Å². The number of hydrogen-bond acceptors (Lipinski definition) is 2. The summed E-state index contributed by atoms with van der Waals surface area (Å²) < 4.78 is 0. The summed E-state index contributed by atoms with van der Waals surface area (Å²) in [6.07, 6.45) is 3.89. The Morgan fingerprint density at radius 3 is 3.20 bits per heavy atom. The highest BCUT2D eigenvalue weighted by Gasteiger charge is 2.19. The van der Waals surface area contributed by atoms with Crippen LogP contribution in [0.15, 0.2) is 17.5 Å². The number of alkyl halides is 1. The lowest BCUT2D eigenvalue weighted by Crippen LogP contribution is -2.34. The van der Waals surface area contributed by atoms with Gasteiger partial charge >= 0.3 is 0 Å². The quantitative estimate of drug-likeness (QED) is 0.731. The second-order valence-corrected chi connectivity index (χ2v) is 5.71. The maximum Gasteiger partial charge on any atom is 0.0328 e. The van der Waals surface area contributed by atoms with Crippen LogP contribution in [0.4, 0.5) is 0 Å². The van der Waals surface area contributed by atoms with Crippen molar-refractivity contribution in [3.05, 3.63) is 22.4 Å². The number of nitrogens with zero attached hydrogens (tertiary/aromatic N) is 1. The highest BCUT2D eigenvalue weighted by atomic mass is 35.5. The number of thiophene rings is 1. The molecule has 1 fully saturated rings. The molecule has 0 spiro atoms. The van der Waals surface area contributed by atoms with E-state index >= 15 is 0 Å². The Hall–Kier alpha value is -0.0500. The molecule has 1 aromatic rings. The van der Waals surface area contributed by atoms with Crippen LogP contribution in [0.1, 0.15) is 24.1 Å². The van der Waals surface area contributed by atoms with Gasteiger partial charge in [-0.1, -0.05) is 6.07 Å². The van der Waals surface area contributed by atoms with Crippen LogP contribution in [0, 0.1) is 5.92 Å². The Kier molecular flexibility index (Phi) is 4.48. The fourth-order valence-electron chi connectivity index (χ4n) is 2.31. The average molecular weight is 244 g/mol. The molecule has 3 heteroatoms. The molecule has 2 heterocycles. The van der Waals surface area contributed by atoms with Crippen molar-refractivity contribution in [2.75, 3.05) is 19.0 Å². The van der Waals surface area contributed by atoms with E-state index in [1.54, 1.807) is 0 Å². The van der Waals surface area contributed by atoms with Crippen LogP contribution in [0.5, 0.6) is 0 Å². The molecule has 15 heavy (non-hydrogen) atoms. The van der Waals surface area contributed by atoms with Crippen LogP contribution in [0.2, 0.25) is 0 Å². The standard InChI is InChI=1S/C12H18ClNS/c13-6-5-11-3-1-7-14(9-11)10-12-4-2-8-15-12/h2,4,8,11H,1,3,5-7,9-10H2. The Morgan fingerprint density at radius 1 is 1.53 bits per heavy atom. The molecule has 1 saturated heterocycles.